The molecule has 10 heteroatoms. The van der Waals surface area contributed by atoms with Crippen molar-refractivity contribution in [3.8, 4) is 11.3 Å². The number of halogens is 3. The summed E-state index contributed by atoms with van der Waals surface area (Å²) in [5.41, 5.74) is 1.75. The van der Waals surface area contributed by atoms with Crippen molar-refractivity contribution in [3.63, 3.8) is 0 Å². The van der Waals surface area contributed by atoms with E-state index in [2.05, 4.69) is 4.99 Å². The molecule has 0 amide bonds. The monoisotopic (exact) mass is 572 g/mol. The van der Waals surface area contributed by atoms with Crippen molar-refractivity contribution in [2.75, 3.05) is 6.61 Å². The van der Waals surface area contributed by atoms with Gasteiger partial charge in [0.15, 0.2) is 4.80 Å². The number of esters is 1. The van der Waals surface area contributed by atoms with Crippen LogP contribution in [0.25, 0.3) is 17.4 Å². The summed E-state index contributed by atoms with van der Waals surface area (Å²) >= 11 is 19.8. The molecule has 0 saturated carbocycles. The third kappa shape index (κ3) is 4.80. The summed E-state index contributed by atoms with van der Waals surface area (Å²) in [6, 6.07) is 15.0. The van der Waals surface area contributed by atoms with Gasteiger partial charge in [-0.3, -0.25) is 9.36 Å². The van der Waals surface area contributed by atoms with Crippen LogP contribution in [-0.2, 0) is 9.53 Å². The van der Waals surface area contributed by atoms with Crippen LogP contribution in [0.4, 0.5) is 0 Å². The van der Waals surface area contributed by atoms with E-state index in [-0.39, 0.29) is 17.7 Å². The Labute approximate surface area is 230 Å². The number of ether oxygens (including phenoxy) is 1. The molecule has 0 N–H and O–H groups in total. The summed E-state index contributed by atoms with van der Waals surface area (Å²) in [4.78, 5) is 31.8. The van der Waals surface area contributed by atoms with Crippen molar-refractivity contribution in [3.05, 3.63) is 112 Å². The highest BCUT2D eigenvalue weighted by Crippen LogP contribution is 2.35. The fourth-order valence-corrected chi connectivity index (χ4v) is 5.62. The van der Waals surface area contributed by atoms with Gasteiger partial charge in [-0.2, -0.15) is 0 Å². The minimum Gasteiger partial charge on any atom is -0.463 e. The molecular formula is C27H19Cl3N2O4S. The zero-order chi connectivity index (χ0) is 26.3. The van der Waals surface area contributed by atoms with E-state index < -0.39 is 12.0 Å². The largest absolute Gasteiger partial charge is 0.463 e. The molecule has 4 aromatic rings. The van der Waals surface area contributed by atoms with Gasteiger partial charge >= 0.3 is 5.97 Å². The first-order valence-corrected chi connectivity index (χ1v) is 13.2. The van der Waals surface area contributed by atoms with Crippen LogP contribution >= 0.6 is 46.1 Å². The van der Waals surface area contributed by atoms with Crippen LogP contribution in [0.3, 0.4) is 0 Å². The summed E-state index contributed by atoms with van der Waals surface area (Å²) < 4.78 is 13.4. The molecule has 0 bridgehead atoms. The number of furan rings is 1. The smallest absolute Gasteiger partial charge is 0.338 e. The van der Waals surface area contributed by atoms with Crippen molar-refractivity contribution < 1.29 is 13.9 Å². The molecular weight excluding hydrogens is 555 g/mol. The van der Waals surface area contributed by atoms with Gasteiger partial charge in [0, 0.05) is 10.6 Å². The van der Waals surface area contributed by atoms with Gasteiger partial charge in [0.1, 0.15) is 17.6 Å². The molecule has 0 fully saturated rings. The van der Waals surface area contributed by atoms with Gasteiger partial charge in [0.25, 0.3) is 5.56 Å². The zero-order valence-electron chi connectivity index (χ0n) is 19.6. The minimum absolute atomic E-state index is 0.173. The lowest BCUT2D eigenvalue weighted by atomic mass is 10.0. The van der Waals surface area contributed by atoms with E-state index in [9.17, 15) is 9.59 Å². The lowest BCUT2D eigenvalue weighted by Gasteiger charge is -2.22. The van der Waals surface area contributed by atoms with Crippen molar-refractivity contribution in [2.45, 2.75) is 19.9 Å². The number of thiazole rings is 1. The summed E-state index contributed by atoms with van der Waals surface area (Å²) in [7, 11) is 0. The molecule has 6 nitrogen and oxygen atoms in total. The summed E-state index contributed by atoms with van der Waals surface area (Å²) in [6.45, 7) is 3.61. The minimum atomic E-state index is -0.875. The highest BCUT2D eigenvalue weighted by atomic mass is 35.5. The fourth-order valence-electron chi connectivity index (χ4n) is 4.10. The summed E-state index contributed by atoms with van der Waals surface area (Å²) in [6.07, 6.45) is 1.72. The molecule has 188 valence electrons. The second-order valence-electron chi connectivity index (χ2n) is 8.15. The number of hydrogen-bond acceptors (Lipinski definition) is 6. The van der Waals surface area contributed by atoms with E-state index in [0.717, 1.165) is 0 Å². The molecule has 37 heavy (non-hydrogen) atoms. The number of rotatable bonds is 5. The molecule has 1 atom stereocenters. The van der Waals surface area contributed by atoms with E-state index in [1.54, 1.807) is 56.3 Å². The van der Waals surface area contributed by atoms with Crippen molar-refractivity contribution in [1.29, 1.82) is 0 Å². The van der Waals surface area contributed by atoms with Crippen LogP contribution < -0.4 is 14.9 Å². The first kappa shape index (κ1) is 25.5. The normalized spacial score (nSPS) is 15.5. The Bertz CT molecular complexity index is 1750. The number of allylic oxidation sites excluding steroid dienone is 1. The average Bonchev–Trinajstić information content (AvgIpc) is 3.47. The standard InChI is InChI=1S/C27H19Cl3N2O4S/c1-3-35-26(34)23-14(2)31-27-32(25(33)22(37-27)13-15-6-4-5-7-17(15)28)24(23)21-11-10-20(36-21)16-8-9-18(29)19(30)12-16/h4-13,24H,3H2,1-2H3/b22-13-/t24-/m1/s1. The molecule has 0 aliphatic carbocycles. The molecule has 2 aromatic carbocycles. The Morgan fingerprint density at radius 1 is 1.11 bits per heavy atom. The highest BCUT2D eigenvalue weighted by Gasteiger charge is 2.35. The van der Waals surface area contributed by atoms with Gasteiger partial charge in [-0.05, 0) is 61.9 Å². The molecule has 1 aliphatic rings. The lowest BCUT2D eigenvalue weighted by molar-refractivity contribution is -0.139. The topological polar surface area (TPSA) is 73.8 Å². The van der Waals surface area contributed by atoms with Crippen LogP contribution in [-0.4, -0.2) is 17.1 Å². The summed E-state index contributed by atoms with van der Waals surface area (Å²) in [5.74, 6) is 0.315. The third-order valence-electron chi connectivity index (χ3n) is 5.81. The lowest BCUT2D eigenvalue weighted by Crippen LogP contribution is -2.39. The van der Waals surface area contributed by atoms with Crippen LogP contribution in [0.5, 0.6) is 0 Å². The maximum absolute atomic E-state index is 13.7. The second-order valence-corrected chi connectivity index (χ2v) is 10.4. The average molecular weight is 574 g/mol. The molecule has 2 aromatic heterocycles. The third-order valence-corrected chi connectivity index (χ3v) is 7.88. The van der Waals surface area contributed by atoms with Crippen LogP contribution in [0.15, 0.2) is 80.1 Å². The molecule has 0 unspecified atom stereocenters. The Balaban J connectivity index is 1.70. The molecule has 3 heterocycles. The highest BCUT2D eigenvalue weighted by molar-refractivity contribution is 7.07. The fraction of sp³-hybridized carbons (Fsp3) is 0.148. The number of aromatic nitrogens is 1. The number of nitrogens with zero attached hydrogens (tertiary/aromatic N) is 2. The zero-order valence-corrected chi connectivity index (χ0v) is 22.7. The van der Waals surface area contributed by atoms with E-state index in [0.29, 0.717) is 52.7 Å². The van der Waals surface area contributed by atoms with E-state index in [1.807, 2.05) is 18.2 Å². The van der Waals surface area contributed by atoms with E-state index in [4.69, 9.17) is 44.0 Å². The molecule has 0 radical (unpaired) electrons. The van der Waals surface area contributed by atoms with Crippen molar-refractivity contribution in [1.82, 2.24) is 4.57 Å². The maximum Gasteiger partial charge on any atom is 0.338 e. The quantitative estimate of drug-likeness (QED) is 0.274. The van der Waals surface area contributed by atoms with Gasteiger partial charge in [-0.15, -0.1) is 0 Å². The number of carbonyl (C=O) groups is 1. The van der Waals surface area contributed by atoms with Crippen molar-refractivity contribution >= 4 is 58.2 Å². The van der Waals surface area contributed by atoms with E-state index >= 15 is 0 Å². The van der Waals surface area contributed by atoms with Crippen LogP contribution in [0.2, 0.25) is 15.1 Å². The predicted molar refractivity (Wildman–Crippen MR) is 146 cm³/mol. The van der Waals surface area contributed by atoms with Crippen LogP contribution in [0.1, 0.15) is 31.2 Å². The van der Waals surface area contributed by atoms with Crippen LogP contribution in [0, 0.1) is 0 Å². The Hall–Kier alpha value is -3.10. The molecule has 0 saturated heterocycles. The van der Waals surface area contributed by atoms with E-state index in [1.165, 1.54) is 15.9 Å². The first-order chi connectivity index (χ1) is 17.8. The van der Waals surface area contributed by atoms with Gasteiger partial charge in [0.2, 0.25) is 0 Å². The van der Waals surface area contributed by atoms with Gasteiger partial charge < -0.3 is 9.15 Å². The Morgan fingerprint density at radius 2 is 1.89 bits per heavy atom. The molecule has 0 spiro atoms. The molecule has 5 rings (SSSR count). The molecule has 1 aliphatic heterocycles. The summed E-state index contributed by atoms with van der Waals surface area (Å²) in [5, 5.41) is 1.32. The second kappa shape index (κ2) is 10.3. The number of carbonyl (C=O) groups excluding carboxylic acids is 1. The van der Waals surface area contributed by atoms with Gasteiger partial charge in [-0.1, -0.05) is 64.3 Å². The maximum atomic E-state index is 13.7. The first-order valence-electron chi connectivity index (χ1n) is 11.3. The SMILES string of the molecule is CCOC(=O)C1=C(C)N=c2s/c(=C\c3ccccc3Cl)c(=O)n2[C@@H]1c1ccc(-c2ccc(Cl)c(Cl)c2)o1. The Kier molecular flexibility index (Phi) is 7.14. The Morgan fingerprint density at radius 3 is 2.62 bits per heavy atom. The number of hydrogen-bond donors (Lipinski definition) is 0. The predicted octanol–water partition coefficient (Wildman–Crippen LogP) is 6.02. The van der Waals surface area contributed by atoms with Gasteiger partial charge in [-0.25, -0.2) is 9.79 Å². The van der Waals surface area contributed by atoms with Crippen molar-refractivity contribution in [2.24, 2.45) is 4.99 Å². The van der Waals surface area contributed by atoms with Gasteiger partial charge in [0.05, 0.1) is 32.5 Å². The number of fused-ring (bicyclic) bond motifs is 1. The number of benzene rings is 2.